The molecule has 0 unspecified atom stereocenters. The number of aryl methyl sites for hydroxylation is 2. The van der Waals surface area contributed by atoms with Gasteiger partial charge in [0.05, 0.1) is 5.57 Å². The fraction of sp³-hybridized carbons (Fsp3) is 0.423. The highest BCUT2D eigenvalue weighted by molar-refractivity contribution is 6.35. The van der Waals surface area contributed by atoms with Crippen LogP contribution in [0.25, 0.3) is 5.57 Å². The largest absolute Gasteiger partial charge is 0.366 e. The summed E-state index contributed by atoms with van der Waals surface area (Å²) in [4.78, 5) is 34.5. The van der Waals surface area contributed by atoms with Crippen LogP contribution < -0.4 is 0 Å². The van der Waals surface area contributed by atoms with Gasteiger partial charge < -0.3 is 4.90 Å². The van der Waals surface area contributed by atoms with E-state index < -0.39 is 0 Å². The molecule has 0 spiro atoms. The Bertz CT molecular complexity index is 966. The zero-order chi connectivity index (χ0) is 22.4. The van der Waals surface area contributed by atoms with Gasteiger partial charge in [0.25, 0.3) is 11.8 Å². The molecule has 2 heterocycles. The Hall–Kier alpha value is -2.95. The summed E-state index contributed by atoms with van der Waals surface area (Å²) in [5.41, 5.74) is 5.37. The molecular weight excluding hydrogens is 386 g/mol. The summed E-state index contributed by atoms with van der Waals surface area (Å²) < 4.78 is 0. The van der Waals surface area contributed by atoms with E-state index in [4.69, 9.17) is 0 Å². The van der Waals surface area contributed by atoms with Gasteiger partial charge in [-0.1, -0.05) is 38.0 Å². The van der Waals surface area contributed by atoms with Gasteiger partial charge >= 0.3 is 0 Å². The summed E-state index contributed by atoms with van der Waals surface area (Å²) in [6, 6.07) is 10.0. The zero-order valence-corrected chi connectivity index (χ0v) is 19.1. The molecule has 2 aromatic rings. The summed E-state index contributed by atoms with van der Waals surface area (Å²) in [6.07, 6.45) is 7.25. The number of pyridine rings is 1. The third-order valence-electron chi connectivity index (χ3n) is 6.04. The molecule has 164 valence electrons. The number of carbonyl (C=O) groups excluding carboxylic acids is 2. The lowest BCUT2D eigenvalue weighted by molar-refractivity contribution is -0.137. The van der Waals surface area contributed by atoms with E-state index in [0.717, 1.165) is 36.8 Å². The number of nitrogens with zero attached hydrogens (tertiary/aromatic N) is 3. The zero-order valence-electron chi connectivity index (χ0n) is 19.1. The molecule has 2 amide bonds. The van der Waals surface area contributed by atoms with Crippen LogP contribution in [-0.2, 0) is 16.0 Å². The highest BCUT2D eigenvalue weighted by atomic mass is 16.2. The van der Waals surface area contributed by atoms with Crippen molar-refractivity contribution in [3.63, 3.8) is 0 Å². The number of carbonyl (C=O) groups is 2. The summed E-state index contributed by atoms with van der Waals surface area (Å²) in [5, 5.41) is 0. The Morgan fingerprint density at radius 2 is 1.68 bits per heavy atom. The smallest absolute Gasteiger partial charge is 0.277 e. The molecule has 1 aromatic carbocycles. The Morgan fingerprint density at radius 3 is 2.32 bits per heavy atom. The Labute approximate surface area is 185 Å². The van der Waals surface area contributed by atoms with Crippen molar-refractivity contribution in [1.82, 2.24) is 14.8 Å². The first kappa shape index (κ1) is 22.7. The van der Waals surface area contributed by atoms with Crippen LogP contribution in [0.4, 0.5) is 0 Å². The topological polar surface area (TPSA) is 53.5 Å². The van der Waals surface area contributed by atoms with E-state index >= 15 is 0 Å². The van der Waals surface area contributed by atoms with Gasteiger partial charge in [0.2, 0.25) is 0 Å². The van der Waals surface area contributed by atoms with E-state index in [1.165, 1.54) is 16.0 Å². The van der Waals surface area contributed by atoms with Gasteiger partial charge in [0.1, 0.15) is 5.70 Å². The molecule has 1 aliphatic rings. The van der Waals surface area contributed by atoms with Gasteiger partial charge in [-0.3, -0.25) is 19.5 Å². The van der Waals surface area contributed by atoms with E-state index in [2.05, 4.69) is 23.7 Å². The molecular formula is C26H33N3O2. The van der Waals surface area contributed by atoms with Crippen molar-refractivity contribution in [1.29, 1.82) is 0 Å². The van der Waals surface area contributed by atoms with Crippen LogP contribution >= 0.6 is 0 Å². The highest BCUT2D eigenvalue weighted by Crippen LogP contribution is 2.33. The van der Waals surface area contributed by atoms with Crippen molar-refractivity contribution in [3.8, 4) is 0 Å². The van der Waals surface area contributed by atoms with Crippen LogP contribution in [0.3, 0.4) is 0 Å². The van der Waals surface area contributed by atoms with Crippen LogP contribution in [0.1, 0.15) is 55.4 Å². The average Bonchev–Trinajstić information content (AvgIpc) is 3.02. The fourth-order valence-electron chi connectivity index (χ4n) is 3.98. The maximum absolute atomic E-state index is 13.5. The molecule has 1 aliphatic heterocycles. The van der Waals surface area contributed by atoms with E-state index in [9.17, 15) is 9.59 Å². The van der Waals surface area contributed by atoms with E-state index in [0.29, 0.717) is 30.9 Å². The van der Waals surface area contributed by atoms with Crippen LogP contribution in [0.5, 0.6) is 0 Å². The normalized spacial score (nSPS) is 14.0. The molecule has 0 atom stereocenters. The van der Waals surface area contributed by atoms with Crippen molar-refractivity contribution < 1.29 is 9.59 Å². The number of imide groups is 1. The SMILES string of the molecule is CCCCCN1C(=O)C(c2ccc(C)c(C)c2)=C(N(CC)CCc2ccncc2)C1=O. The molecule has 0 saturated heterocycles. The molecule has 5 heteroatoms. The standard InChI is InChI=1S/C26H33N3O2/c1-5-7-8-16-29-25(30)23(22-10-9-19(3)20(4)18-22)24(26(29)31)28(6-2)17-13-21-11-14-27-15-12-21/h9-12,14-15,18H,5-8,13,16-17H2,1-4H3. The van der Waals surface area contributed by atoms with Crippen molar-refractivity contribution in [2.75, 3.05) is 19.6 Å². The van der Waals surface area contributed by atoms with Crippen molar-refractivity contribution in [3.05, 3.63) is 70.7 Å². The summed E-state index contributed by atoms with van der Waals surface area (Å²) >= 11 is 0. The number of aromatic nitrogens is 1. The number of likely N-dealkylation sites (N-methyl/N-ethyl adjacent to an activating group) is 1. The van der Waals surface area contributed by atoms with Gasteiger partial charge in [-0.05, 0) is 68.0 Å². The van der Waals surface area contributed by atoms with E-state index in [-0.39, 0.29) is 11.8 Å². The maximum atomic E-state index is 13.5. The average molecular weight is 420 g/mol. The molecule has 0 aliphatic carbocycles. The third-order valence-corrected chi connectivity index (χ3v) is 6.04. The van der Waals surface area contributed by atoms with Gasteiger partial charge in [-0.15, -0.1) is 0 Å². The van der Waals surface area contributed by atoms with Gasteiger partial charge in [-0.2, -0.15) is 0 Å². The van der Waals surface area contributed by atoms with E-state index in [1.807, 2.05) is 44.2 Å². The lowest BCUT2D eigenvalue weighted by atomic mass is 9.99. The number of benzene rings is 1. The van der Waals surface area contributed by atoms with Crippen LogP contribution in [-0.4, -0.2) is 46.2 Å². The fourth-order valence-corrected chi connectivity index (χ4v) is 3.98. The minimum atomic E-state index is -0.165. The molecule has 31 heavy (non-hydrogen) atoms. The number of unbranched alkanes of at least 4 members (excludes halogenated alkanes) is 2. The first-order chi connectivity index (χ1) is 15.0. The minimum Gasteiger partial charge on any atom is -0.366 e. The van der Waals surface area contributed by atoms with E-state index in [1.54, 1.807) is 12.4 Å². The maximum Gasteiger partial charge on any atom is 0.277 e. The predicted octanol–water partition coefficient (Wildman–Crippen LogP) is 4.53. The quantitative estimate of drug-likeness (QED) is 0.419. The lowest BCUT2D eigenvalue weighted by Gasteiger charge is -2.25. The van der Waals surface area contributed by atoms with Crippen LogP contribution in [0, 0.1) is 13.8 Å². The second-order valence-corrected chi connectivity index (χ2v) is 8.18. The van der Waals surface area contributed by atoms with Gasteiger partial charge in [0.15, 0.2) is 0 Å². The van der Waals surface area contributed by atoms with Crippen LogP contribution in [0.2, 0.25) is 0 Å². The number of rotatable bonds is 10. The molecule has 0 bridgehead atoms. The first-order valence-electron chi connectivity index (χ1n) is 11.3. The number of amides is 2. The number of hydrogen-bond donors (Lipinski definition) is 0. The molecule has 3 rings (SSSR count). The third kappa shape index (κ3) is 5.04. The predicted molar refractivity (Wildman–Crippen MR) is 124 cm³/mol. The molecule has 0 saturated carbocycles. The molecule has 0 radical (unpaired) electrons. The number of hydrogen-bond acceptors (Lipinski definition) is 4. The highest BCUT2D eigenvalue weighted by Gasteiger charge is 2.40. The lowest BCUT2D eigenvalue weighted by Crippen LogP contribution is -2.36. The van der Waals surface area contributed by atoms with Gasteiger partial charge in [-0.25, -0.2) is 0 Å². The van der Waals surface area contributed by atoms with Gasteiger partial charge in [0, 0.05) is 32.0 Å². The molecule has 1 aromatic heterocycles. The minimum absolute atomic E-state index is 0.161. The second kappa shape index (κ2) is 10.4. The summed E-state index contributed by atoms with van der Waals surface area (Å²) in [5.74, 6) is -0.326. The van der Waals surface area contributed by atoms with Crippen molar-refractivity contribution in [2.24, 2.45) is 0 Å². The molecule has 0 fully saturated rings. The Morgan fingerprint density at radius 1 is 0.935 bits per heavy atom. The molecule has 0 N–H and O–H groups in total. The molecule has 5 nitrogen and oxygen atoms in total. The first-order valence-corrected chi connectivity index (χ1v) is 11.3. The van der Waals surface area contributed by atoms with Crippen molar-refractivity contribution in [2.45, 2.75) is 53.4 Å². The summed E-state index contributed by atoms with van der Waals surface area (Å²) in [6.45, 7) is 10.1. The second-order valence-electron chi connectivity index (χ2n) is 8.18. The summed E-state index contributed by atoms with van der Waals surface area (Å²) in [7, 11) is 0. The monoisotopic (exact) mass is 419 g/mol. The Kier molecular flexibility index (Phi) is 7.61. The Balaban J connectivity index is 1.97. The van der Waals surface area contributed by atoms with Crippen molar-refractivity contribution >= 4 is 17.4 Å². The van der Waals surface area contributed by atoms with Crippen LogP contribution in [0.15, 0.2) is 48.4 Å².